The first-order valence-corrected chi connectivity index (χ1v) is 11.2. The van der Waals surface area contributed by atoms with Crippen molar-refractivity contribution in [2.24, 2.45) is 7.05 Å². The van der Waals surface area contributed by atoms with Crippen LogP contribution in [0.5, 0.6) is 0 Å². The van der Waals surface area contributed by atoms with Gasteiger partial charge in [-0.15, -0.1) is 0 Å². The van der Waals surface area contributed by atoms with Crippen molar-refractivity contribution < 1.29 is 4.57 Å². The SMILES string of the molecule is Cn1c2ccccc2c2c3c(ccc21)P(=O)(c1ccccc1)c1ccccc1-3. The lowest BCUT2D eigenvalue weighted by Gasteiger charge is -2.15. The summed E-state index contributed by atoms with van der Waals surface area (Å²) in [6.45, 7) is 0. The van der Waals surface area contributed by atoms with Gasteiger partial charge in [-0.1, -0.05) is 72.8 Å². The van der Waals surface area contributed by atoms with Crippen molar-refractivity contribution in [1.29, 1.82) is 0 Å². The number of aryl methyl sites for hydroxylation is 1. The van der Waals surface area contributed by atoms with Crippen molar-refractivity contribution in [3.05, 3.63) is 91.0 Å². The predicted octanol–water partition coefficient (Wildman–Crippen LogP) is 4.95. The average molecular weight is 379 g/mol. The smallest absolute Gasteiger partial charge is 0.172 e. The van der Waals surface area contributed by atoms with Crippen LogP contribution in [0.15, 0.2) is 91.0 Å². The molecule has 0 bridgehead atoms. The average Bonchev–Trinajstić information content (AvgIpc) is 3.20. The highest BCUT2D eigenvalue weighted by Crippen LogP contribution is 2.54. The van der Waals surface area contributed by atoms with E-state index in [1.54, 1.807) is 0 Å². The van der Waals surface area contributed by atoms with Gasteiger partial charge in [0.2, 0.25) is 0 Å². The number of rotatable bonds is 1. The molecule has 1 unspecified atom stereocenters. The van der Waals surface area contributed by atoms with Gasteiger partial charge in [0, 0.05) is 50.3 Å². The number of aromatic nitrogens is 1. The summed E-state index contributed by atoms with van der Waals surface area (Å²) in [6.07, 6.45) is 0. The Morgan fingerprint density at radius 2 is 1.39 bits per heavy atom. The molecular weight excluding hydrogens is 361 g/mol. The second-order valence-corrected chi connectivity index (χ2v) is 10.1. The molecule has 0 saturated heterocycles. The number of fused-ring (bicyclic) bond motifs is 7. The van der Waals surface area contributed by atoms with E-state index < -0.39 is 7.14 Å². The lowest BCUT2D eigenvalue weighted by molar-refractivity contribution is 0.593. The van der Waals surface area contributed by atoms with Crippen LogP contribution in [0.2, 0.25) is 0 Å². The second kappa shape index (κ2) is 5.47. The van der Waals surface area contributed by atoms with Crippen LogP contribution in [0.1, 0.15) is 0 Å². The quantitative estimate of drug-likeness (QED) is 0.371. The molecule has 6 rings (SSSR count). The molecule has 0 radical (unpaired) electrons. The van der Waals surface area contributed by atoms with Crippen LogP contribution in [-0.2, 0) is 11.6 Å². The number of nitrogens with zero attached hydrogens (tertiary/aromatic N) is 1. The molecule has 5 aromatic rings. The van der Waals surface area contributed by atoms with E-state index in [-0.39, 0.29) is 0 Å². The van der Waals surface area contributed by atoms with E-state index in [2.05, 4.69) is 54.1 Å². The molecule has 134 valence electrons. The Kier molecular flexibility index (Phi) is 3.11. The van der Waals surface area contributed by atoms with E-state index in [0.717, 1.165) is 27.0 Å². The number of hydrogen-bond donors (Lipinski definition) is 0. The first-order chi connectivity index (χ1) is 13.7. The summed E-state index contributed by atoms with van der Waals surface area (Å²) >= 11 is 0. The van der Waals surface area contributed by atoms with E-state index in [4.69, 9.17) is 0 Å². The van der Waals surface area contributed by atoms with Crippen molar-refractivity contribution in [3.8, 4) is 11.1 Å². The van der Waals surface area contributed by atoms with Crippen LogP contribution in [0.3, 0.4) is 0 Å². The maximum atomic E-state index is 14.6. The fraction of sp³-hybridized carbons (Fsp3) is 0.0400. The number of hydrogen-bond acceptors (Lipinski definition) is 1. The highest BCUT2D eigenvalue weighted by Gasteiger charge is 2.41. The third-order valence-corrected chi connectivity index (χ3v) is 9.17. The standard InChI is InChI=1S/C25H18NOP/c1-26-20-13-7-5-11-18(20)24-21(26)15-16-23-25(24)19-12-6-8-14-22(19)28(23,27)17-9-3-2-4-10-17/h2-16H,1H3. The third-order valence-electron chi connectivity index (χ3n) is 6.03. The Bertz CT molecular complexity index is 1450. The van der Waals surface area contributed by atoms with E-state index >= 15 is 0 Å². The molecule has 28 heavy (non-hydrogen) atoms. The van der Waals surface area contributed by atoms with Crippen LogP contribution >= 0.6 is 7.14 Å². The molecule has 2 heterocycles. The Hall–Kier alpha value is -3.09. The van der Waals surface area contributed by atoms with E-state index in [0.29, 0.717) is 0 Å². The first-order valence-electron chi connectivity index (χ1n) is 9.47. The zero-order chi connectivity index (χ0) is 18.9. The minimum Gasteiger partial charge on any atom is -0.344 e. The van der Waals surface area contributed by atoms with E-state index in [1.807, 2.05) is 48.5 Å². The Labute approximate surface area is 163 Å². The van der Waals surface area contributed by atoms with Crippen LogP contribution in [-0.4, -0.2) is 4.57 Å². The molecule has 0 fully saturated rings. The Balaban J connectivity index is 1.86. The molecule has 0 N–H and O–H groups in total. The highest BCUT2D eigenvalue weighted by molar-refractivity contribution is 7.86. The molecule has 1 aliphatic heterocycles. The molecule has 0 saturated carbocycles. The second-order valence-electron chi connectivity index (χ2n) is 7.39. The number of para-hydroxylation sites is 1. The lowest BCUT2D eigenvalue weighted by Crippen LogP contribution is -2.20. The van der Waals surface area contributed by atoms with E-state index in [1.165, 1.54) is 21.8 Å². The van der Waals surface area contributed by atoms with Gasteiger partial charge >= 0.3 is 0 Å². The van der Waals surface area contributed by atoms with Crippen molar-refractivity contribution >= 4 is 44.9 Å². The normalized spacial score (nSPS) is 17.8. The summed E-state index contributed by atoms with van der Waals surface area (Å²) in [5, 5.41) is 5.24. The summed E-state index contributed by atoms with van der Waals surface area (Å²) in [6, 6.07) is 30.9. The zero-order valence-electron chi connectivity index (χ0n) is 15.5. The fourth-order valence-corrected chi connectivity index (χ4v) is 7.84. The van der Waals surface area contributed by atoms with Crippen molar-refractivity contribution in [2.45, 2.75) is 0 Å². The molecule has 0 amide bonds. The molecule has 1 aliphatic rings. The summed E-state index contributed by atoms with van der Waals surface area (Å²) < 4.78 is 16.9. The van der Waals surface area contributed by atoms with Gasteiger partial charge in [-0.3, -0.25) is 0 Å². The highest BCUT2D eigenvalue weighted by atomic mass is 31.2. The molecule has 1 atom stereocenters. The van der Waals surface area contributed by atoms with Gasteiger partial charge in [-0.2, -0.15) is 0 Å². The van der Waals surface area contributed by atoms with Crippen molar-refractivity contribution in [3.63, 3.8) is 0 Å². The van der Waals surface area contributed by atoms with Gasteiger partial charge in [0.15, 0.2) is 7.14 Å². The summed E-state index contributed by atoms with van der Waals surface area (Å²) in [7, 11) is -0.779. The predicted molar refractivity (Wildman–Crippen MR) is 119 cm³/mol. The van der Waals surface area contributed by atoms with Gasteiger partial charge < -0.3 is 9.13 Å². The summed E-state index contributed by atoms with van der Waals surface area (Å²) in [4.78, 5) is 0. The molecule has 3 heteroatoms. The van der Waals surface area contributed by atoms with Gasteiger partial charge in [0.1, 0.15) is 0 Å². The third kappa shape index (κ3) is 1.81. The largest absolute Gasteiger partial charge is 0.344 e. The number of benzene rings is 4. The van der Waals surface area contributed by atoms with Crippen LogP contribution in [0.25, 0.3) is 32.9 Å². The summed E-state index contributed by atoms with van der Waals surface area (Å²) in [5.74, 6) is 0. The fourth-order valence-electron chi connectivity index (χ4n) is 4.78. The first kappa shape index (κ1) is 15.9. The topological polar surface area (TPSA) is 22.0 Å². The Morgan fingerprint density at radius 1 is 0.679 bits per heavy atom. The molecule has 2 nitrogen and oxygen atoms in total. The van der Waals surface area contributed by atoms with Gasteiger partial charge in [-0.05, 0) is 23.8 Å². The zero-order valence-corrected chi connectivity index (χ0v) is 16.4. The van der Waals surface area contributed by atoms with Crippen LogP contribution in [0, 0.1) is 0 Å². The minimum absolute atomic E-state index is 0.904. The van der Waals surface area contributed by atoms with Crippen LogP contribution < -0.4 is 15.9 Å². The maximum Gasteiger partial charge on any atom is 0.172 e. The van der Waals surface area contributed by atoms with Gasteiger partial charge in [-0.25, -0.2) is 0 Å². The van der Waals surface area contributed by atoms with Crippen molar-refractivity contribution in [2.75, 3.05) is 0 Å². The van der Waals surface area contributed by atoms with Crippen LogP contribution in [0.4, 0.5) is 0 Å². The summed E-state index contributed by atoms with van der Waals surface area (Å²) in [5.41, 5.74) is 4.62. The van der Waals surface area contributed by atoms with Gasteiger partial charge in [0.05, 0.1) is 0 Å². The Morgan fingerprint density at radius 3 is 2.25 bits per heavy atom. The van der Waals surface area contributed by atoms with E-state index in [9.17, 15) is 4.57 Å². The maximum absolute atomic E-state index is 14.6. The molecule has 0 spiro atoms. The molecular formula is C25H18NOP. The minimum atomic E-state index is -2.88. The van der Waals surface area contributed by atoms with Crippen molar-refractivity contribution in [1.82, 2.24) is 4.57 Å². The molecule has 0 aliphatic carbocycles. The molecule has 4 aromatic carbocycles. The van der Waals surface area contributed by atoms with Gasteiger partial charge in [0.25, 0.3) is 0 Å². The monoisotopic (exact) mass is 379 g/mol. The molecule has 1 aromatic heterocycles. The lowest BCUT2D eigenvalue weighted by atomic mass is 9.99.